The fourth-order valence-corrected chi connectivity index (χ4v) is 5.38. The largest absolute Gasteiger partial charge is 0.437 e. The zero-order valence-electron chi connectivity index (χ0n) is 20.4. The molecule has 0 saturated carbocycles. The van der Waals surface area contributed by atoms with Crippen LogP contribution in [0.15, 0.2) is 67.0 Å². The van der Waals surface area contributed by atoms with Crippen LogP contribution >= 0.6 is 0 Å². The molecule has 0 atom stereocenters. The summed E-state index contributed by atoms with van der Waals surface area (Å²) in [6, 6.07) is 18.3. The number of para-hydroxylation sites is 1. The Balaban J connectivity index is 1.29. The van der Waals surface area contributed by atoms with Crippen LogP contribution in [-0.4, -0.2) is 47.1 Å². The zero-order valence-corrected chi connectivity index (χ0v) is 20.4. The highest BCUT2D eigenvalue weighted by atomic mass is 16.5. The number of ether oxygens (including phenoxy) is 2. The quantitative estimate of drug-likeness (QED) is 0.487. The highest BCUT2D eigenvalue weighted by Gasteiger charge is 2.43. The molecule has 2 aliphatic rings. The minimum atomic E-state index is -0.377. The molecule has 2 saturated heterocycles. The van der Waals surface area contributed by atoms with Gasteiger partial charge < -0.3 is 14.4 Å². The van der Waals surface area contributed by atoms with E-state index in [0.29, 0.717) is 19.1 Å². The predicted octanol–water partition coefficient (Wildman–Crippen LogP) is 5.32. The maximum Gasteiger partial charge on any atom is 0.241 e. The summed E-state index contributed by atoms with van der Waals surface area (Å²) in [5.74, 6) is 1.85. The molecular weight excluding hydrogens is 438 g/mol. The SMILES string of the molecule is Cc1ccccc1Oc1nccnc1C1CCN(C(=O)C2(Cc3ccccc3)CCOCC2)CC1. The van der Waals surface area contributed by atoms with Crippen molar-refractivity contribution in [1.82, 2.24) is 14.9 Å². The molecule has 0 aliphatic carbocycles. The highest BCUT2D eigenvalue weighted by molar-refractivity contribution is 5.83. The number of carbonyl (C=O) groups excluding carboxylic acids is 1. The number of rotatable bonds is 6. The smallest absolute Gasteiger partial charge is 0.241 e. The van der Waals surface area contributed by atoms with Gasteiger partial charge in [-0.1, -0.05) is 48.5 Å². The van der Waals surface area contributed by atoms with Crippen LogP contribution in [0.1, 0.15) is 48.4 Å². The van der Waals surface area contributed by atoms with E-state index in [0.717, 1.165) is 62.2 Å². The second kappa shape index (κ2) is 10.6. The standard InChI is InChI=1S/C29H33N3O3/c1-22-7-5-6-10-25(22)35-27-26(30-15-16-31-27)24-11-17-32(18-12-24)28(33)29(13-19-34-20-14-29)21-23-8-3-2-4-9-23/h2-10,15-16,24H,11-14,17-21H2,1H3. The van der Waals surface area contributed by atoms with Gasteiger partial charge in [-0.05, 0) is 56.2 Å². The number of piperidine rings is 1. The van der Waals surface area contributed by atoms with Crippen LogP contribution in [-0.2, 0) is 16.0 Å². The molecule has 35 heavy (non-hydrogen) atoms. The van der Waals surface area contributed by atoms with Crippen molar-refractivity contribution in [3.63, 3.8) is 0 Å². The molecule has 2 fully saturated rings. The van der Waals surface area contributed by atoms with Gasteiger partial charge in [0.05, 0.1) is 5.41 Å². The van der Waals surface area contributed by atoms with Crippen LogP contribution in [0.4, 0.5) is 0 Å². The second-order valence-corrected chi connectivity index (χ2v) is 9.74. The number of carbonyl (C=O) groups is 1. The zero-order chi connectivity index (χ0) is 24.1. The van der Waals surface area contributed by atoms with Crippen LogP contribution in [0.2, 0.25) is 0 Å². The summed E-state index contributed by atoms with van der Waals surface area (Å²) in [4.78, 5) is 25.1. The predicted molar refractivity (Wildman–Crippen MR) is 134 cm³/mol. The lowest BCUT2D eigenvalue weighted by molar-refractivity contribution is -0.149. The Hall–Kier alpha value is -3.25. The maximum absolute atomic E-state index is 13.9. The first-order chi connectivity index (χ1) is 17.1. The summed E-state index contributed by atoms with van der Waals surface area (Å²) in [6.07, 6.45) is 7.44. The summed E-state index contributed by atoms with van der Waals surface area (Å²) in [7, 11) is 0. The number of aromatic nitrogens is 2. The maximum atomic E-state index is 13.9. The Bertz CT molecular complexity index is 1140. The molecule has 2 aliphatic heterocycles. The van der Waals surface area contributed by atoms with E-state index in [1.807, 2.05) is 37.3 Å². The van der Waals surface area contributed by atoms with E-state index in [4.69, 9.17) is 9.47 Å². The van der Waals surface area contributed by atoms with Crippen molar-refractivity contribution < 1.29 is 14.3 Å². The van der Waals surface area contributed by atoms with Crippen molar-refractivity contribution >= 4 is 5.91 Å². The second-order valence-electron chi connectivity index (χ2n) is 9.74. The van der Waals surface area contributed by atoms with E-state index < -0.39 is 0 Å². The Morgan fingerprint density at radius 3 is 2.43 bits per heavy atom. The molecule has 0 radical (unpaired) electrons. The Kier molecular flexibility index (Phi) is 7.09. The first-order valence-electron chi connectivity index (χ1n) is 12.6. The summed E-state index contributed by atoms with van der Waals surface area (Å²) in [6.45, 7) is 4.77. The number of amides is 1. The first kappa shape index (κ1) is 23.5. The van der Waals surface area contributed by atoms with Crippen LogP contribution < -0.4 is 4.74 Å². The normalized spacial score (nSPS) is 18.3. The molecule has 5 rings (SSSR count). The molecule has 6 nitrogen and oxygen atoms in total. The lowest BCUT2D eigenvalue weighted by Gasteiger charge is -2.42. The van der Waals surface area contributed by atoms with Crippen molar-refractivity contribution in [2.75, 3.05) is 26.3 Å². The molecule has 0 unspecified atom stereocenters. The highest BCUT2D eigenvalue weighted by Crippen LogP contribution is 2.39. The molecule has 0 bridgehead atoms. The summed E-state index contributed by atoms with van der Waals surface area (Å²) < 4.78 is 11.8. The molecule has 0 N–H and O–H groups in total. The van der Waals surface area contributed by atoms with E-state index in [9.17, 15) is 4.79 Å². The average Bonchev–Trinajstić information content (AvgIpc) is 2.91. The number of likely N-dealkylation sites (tertiary alicyclic amines) is 1. The number of hydrogen-bond acceptors (Lipinski definition) is 5. The van der Waals surface area contributed by atoms with Crippen LogP contribution in [0.5, 0.6) is 11.6 Å². The fraction of sp³-hybridized carbons (Fsp3) is 0.414. The molecule has 2 aromatic carbocycles. The van der Waals surface area contributed by atoms with Gasteiger partial charge >= 0.3 is 0 Å². The Labute approximate surface area is 207 Å². The van der Waals surface area contributed by atoms with Gasteiger partial charge in [0.25, 0.3) is 0 Å². The minimum absolute atomic E-state index is 0.214. The Morgan fingerprint density at radius 2 is 1.69 bits per heavy atom. The van der Waals surface area contributed by atoms with E-state index in [1.54, 1.807) is 12.4 Å². The van der Waals surface area contributed by atoms with Crippen molar-refractivity contribution in [2.24, 2.45) is 5.41 Å². The van der Waals surface area contributed by atoms with Crippen molar-refractivity contribution in [2.45, 2.75) is 44.9 Å². The van der Waals surface area contributed by atoms with Crippen molar-refractivity contribution in [1.29, 1.82) is 0 Å². The summed E-state index contributed by atoms with van der Waals surface area (Å²) in [5.41, 5.74) is 2.78. The molecule has 6 heteroatoms. The van der Waals surface area contributed by atoms with Gasteiger partial charge in [0.1, 0.15) is 11.4 Å². The third kappa shape index (κ3) is 5.22. The number of hydrogen-bond donors (Lipinski definition) is 0. The van der Waals surface area contributed by atoms with E-state index >= 15 is 0 Å². The molecular formula is C29H33N3O3. The number of aryl methyl sites for hydroxylation is 1. The lowest BCUT2D eigenvalue weighted by Crippen LogP contribution is -2.50. The van der Waals surface area contributed by atoms with Gasteiger partial charge in [0.2, 0.25) is 11.8 Å². The molecule has 3 aromatic rings. The van der Waals surface area contributed by atoms with Gasteiger partial charge in [-0.25, -0.2) is 4.98 Å². The van der Waals surface area contributed by atoms with Gasteiger partial charge in [0.15, 0.2) is 0 Å². The Morgan fingerprint density at radius 1 is 1.00 bits per heavy atom. The third-order valence-corrected chi connectivity index (χ3v) is 7.45. The van der Waals surface area contributed by atoms with Crippen LogP contribution in [0.25, 0.3) is 0 Å². The van der Waals surface area contributed by atoms with Crippen LogP contribution in [0, 0.1) is 12.3 Å². The first-order valence-corrected chi connectivity index (χ1v) is 12.6. The topological polar surface area (TPSA) is 64.6 Å². The lowest BCUT2D eigenvalue weighted by atomic mass is 9.73. The van der Waals surface area contributed by atoms with Crippen molar-refractivity contribution in [3.05, 3.63) is 83.8 Å². The van der Waals surface area contributed by atoms with E-state index in [2.05, 4.69) is 39.1 Å². The summed E-state index contributed by atoms with van der Waals surface area (Å²) in [5, 5.41) is 0. The average molecular weight is 472 g/mol. The van der Waals surface area contributed by atoms with Gasteiger partial charge in [-0.3, -0.25) is 9.78 Å². The fourth-order valence-electron chi connectivity index (χ4n) is 5.38. The summed E-state index contributed by atoms with van der Waals surface area (Å²) >= 11 is 0. The van der Waals surface area contributed by atoms with Crippen molar-refractivity contribution in [3.8, 4) is 11.6 Å². The molecule has 3 heterocycles. The minimum Gasteiger partial charge on any atom is -0.437 e. The van der Waals surface area contributed by atoms with Crippen LogP contribution in [0.3, 0.4) is 0 Å². The van der Waals surface area contributed by atoms with E-state index in [-0.39, 0.29) is 17.2 Å². The van der Waals surface area contributed by atoms with E-state index in [1.165, 1.54) is 5.56 Å². The van der Waals surface area contributed by atoms with Gasteiger partial charge in [-0.15, -0.1) is 0 Å². The molecule has 1 aromatic heterocycles. The monoisotopic (exact) mass is 471 g/mol. The number of benzene rings is 2. The third-order valence-electron chi connectivity index (χ3n) is 7.45. The van der Waals surface area contributed by atoms with Gasteiger partial charge in [0, 0.05) is 44.6 Å². The molecule has 0 spiro atoms. The molecule has 182 valence electrons. The molecule has 1 amide bonds. The van der Waals surface area contributed by atoms with Gasteiger partial charge in [-0.2, -0.15) is 0 Å². The number of nitrogens with zero attached hydrogens (tertiary/aromatic N) is 3.